The molecule has 0 spiro atoms. The third-order valence-electron chi connectivity index (χ3n) is 11.1. The summed E-state index contributed by atoms with van der Waals surface area (Å²) in [6.07, 6.45) is 81.4. The molecule has 0 N–H and O–H groups in total. The van der Waals surface area contributed by atoms with Crippen molar-refractivity contribution in [3.05, 3.63) is 146 Å². The van der Waals surface area contributed by atoms with Crippen LogP contribution < -0.4 is 0 Å². The van der Waals surface area contributed by atoms with Crippen molar-refractivity contribution < 1.29 is 28.6 Å². The molecule has 0 saturated heterocycles. The summed E-state index contributed by atoms with van der Waals surface area (Å²) in [7, 11) is 0. The van der Waals surface area contributed by atoms with Crippen molar-refractivity contribution in [3.8, 4) is 0 Å². The van der Waals surface area contributed by atoms with Crippen LogP contribution in [0.15, 0.2) is 146 Å². The topological polar surface area (TPSA) is 78.9 Å². The molecular weight excluding hydrogens is 865 g/mol. The summed E-state index contributed by atoms with van der Waals surface area (Å²) >= 11 is 0. The Hall–Kier alpha value is -4.71. The number of unbranched alkanes of at least 4 members (excludes halogenated alkanes) is 13. The van der Waals surface area contributed by atoms with Gasteiger partial charge in [-0.05, 0) is 128 Å². The van der Waals surface area contributed by atoms with Crippen molar-refractivity contribution in [1.29, 1.82) is 0 Å². The minimum atomic E-state index is -0.833. The average molecular weight is 965 g/mol. The first-order valence-corrected chi connectivity index (χ1v) is 27.8. The molecule has 6 heteroatoms. The lowest BCUT2D eigenvalue weighted by Crippen LogP contribution is -2.30. The Kier molecular flexibility index (Phi) is 53.0. The quantitative estimate of drug-likeness (QED) is 0.0262. The predicted octanol–water partition coefficient (Wildman–Crippen LogP) is 18.8. The Morgan fingerprint density at radius 2 is 0.586 bits per heavy atom. The maximum absolute atomic E-state index is 12.8. The van der Waals surface area contributed by atoms with E-state index in [9.17, 15) is 14.4 Å². The molecule has 0 aliphatic carbocycles. The highest BCUT2D eigenvalue weighted by atomic mass is 16.6. The molecule has 0 heterocycles. The van der Waals surface area contributed by atoms with Gasteiger partial charge in [0, 0.05) is 19.3 Å². The fourth-order valence-corrected chi connectivity index (χ4v) is 6.96. The molecule has 0 rings (SSSR count). The Morgan fingerprint density at radius 3 is 0.943 bits per heavy atom. The number of ether oxygens (including phenoxy) is 3. The van der Waals surface area contributed by atoms with Crippen LogP contribution in [0.2, 0.25) is 0 Å². The highest BCUT2D eigenvalue weighted by Crippen LogP contribution is 2.12. The number of allylic oxidation sites excluding steroid dienone is 24. The molecule has 70 heavy (non-hydrogen) atoms. The van der Waals surface area contributed by atoms with E-state index in [1.807, 2.05) is 12.2 Å². The summed E-state index contributed by atoms with van der Waals surface area (Å²) in [5, 5.41) is 0. The van der Waals surface area contributed by atoms with Crippen LogP contribution in [0, 0.1) is 0 Å². The maximum Gasteiger partial charge on any atom is 0.306 e. The van der Waals surface area contributed by atoms with E-state index in [0.29, 0.717) is 19.3 Å². The summed E-state index contributed by atoms with van der Waals surface area (Å²) in [5.74, 6) is -1.04. The predicted molar refractivity (Wildman–Crippen MR) is 302 cm³/mol. The van der Waals surface area contributed by atoms with Crippen LogP contribution in [0.5, 0.6) is 0 Å². The Balaban J connectivity index is 4.42. The van der Waals surface area contributed by atoms with Gasteiger partial charge >= 0.3 is 17.9 Å². The van der Waals surface area contributed by atoms with Crippen molar-refractivity contribution in [2.45, 2.75) is 226 Å². The lowest BCUT2D eigenvalue weighted by Gasteiger charge is -2.18. The van der Waals surface area contributed by atoms with Crippen molar-refractivity contribution >= 4 is 17.9 Å². The number of hydrogen-bond acceptors (Lipinski definition) is 6. The van der Waals surface area contributed by atoms with Crippen LogP contribution in [0.4, 0.5) is 0 Å². The normalized spacial score (nSPS) is 13.2. The minimum absolute atomic E-state index is 0.123. The standard InChI is InChI=1S/C64H100O6/c1-4-7-10-13-16-19-22-25-26-27-28-29-30-31-32-33-34-35-36-37-38-40-42-45-48-51-54-57-63(66)69-60-61(59-68-62(65)56-53-50-47-44-41-24-21-18-15-12-9-6-3)70-64(67)58-55-52-49-46-43-39-23-20-17-14-11-8-5-2/h7-8,10-11,16-21,25-26,28-29,31-32,34-35,37-39,43,49,52,61H,4-6,9,12-15,22-24,27,30,33,36,40-42,44-48,50-51,53-60H2,1-3H3/b10-7-,11-8-,19-16-,20-17-,21-18-,26-25-,29-28-,32-31-,35-34-,38-37-,43-39-,52-49-. The molecule has 1 unspecified atom stereocenters. The Labute approximate surface area is 429 Å². The molecule has 0 aliphatic heterocycles. The highest BCUT2D eigenvalue weighted by molar-refractivity contribution is 5.71. The zero-order chi connectivity index (χ0) is 50.7. The molecule has 0 bridgehead atoms. The molecule has 392 valence electrons. The zero-order valence-electron chi connectivity index (χ0n) is 44.7. The summed E-state index contributed by atoms with van der Waals surface area (Å²) in [6.45, 7) is 6.27. The zero-order valence-corrected chi connectivity index (χ0v) is 44.7. The third-order valence-corrected chi connectivity index (χ3v) is 11.1. The molecule has 0 aromatic rings. The molecule has 6 nitrogen and oxygen atoms in total. The lowest BCUT2D eigenvalue weighted by atomic mass is 10.1. The molecule has 0 aromatic heterocycles. The Morgan fingerprint density at radius 1 is 0.300 bits per heavy atom. The van der Waals surface area contributed by atoms with Gasteiger partial charge in [0.15, 0.2) is 6.10 Å². The maximum atomic E-state index is 12.8. The van der Waals surface area contributed by atoms with E-state index in [0.717, 1.165) is 141 Å². The van der Waals surface area contributed by atoms with Gasteiger partial charge in [-0.2, -0.15) is 0 Å². The second-order valence-electron chi connectivity index (χ2n) is 17.7. The molecule has 0 saturated carbocycles. The third kappa shape index (κ3) is 54.2. The van der Waals surface area contributed by atoms with E-state index in [4.69, 9.17) is 14.2 Å². The SMILES string of the molecule is CC/C=C\C/C=C\C/C=C\C/C=C\C/C=C\C/C=C\C/C=C\CCCCCCCC(=O)OCC(COC(=O)CCCCCCC/C=C\CCCCC)OC(=O)CC/C=C\C/C=C\C/C=C\C/C=C\CC. The molecule has 0 radical (unpaired) electrons. The van der Waals surface area contributed by atoms with Gasteiger partial charge in [-0.25, -0.2) is 0 Å². The molecule has 0 fully saturated rings. The van der Waals surface area contributed by atoms with Gasteiger partial charge < -0.3 is 14.2 Å². The lowest BCUT2D eigenvalue weighted by molar-refractivity contribution is -0.166. The molecular formula is C64H100O6. The second-order valence-corrected chi connectivity index (χ2v) is 17.7. The van der Waals surface area contributed by atoms with E-state index in [1.165, 1.54) is 32.1 Å². The summed E-state index contributed by atoms with van der Waals surface area (Å²) in [6, 6.07) is 0. The van der Waals surface area contributed by atoms with Gasteiger partial charge in [0.1, 0.15) is 13.2 Å². The van der Waals surface area contributed by atoms with Gasteiger partial charge in [0.05, 0.1) is 0 Å². The first-order valence-electron chi connectivity index (χ1n) is 27.8. The van der Waals surface area contributed by atoms with E-state index in [-0.39, 0.29) is 31.6 Å². The van der Waals surface area contributed by atoms with E-state index in [2.05, 4.69) is 154 Å². The number of rotatable bonds is 48. The molecule has 0 amide bonds. The van der Waals surface area contributed by atoms with Crippen LogP contribution in [0.1, 0.15) is 220 Å². The minimum Gasteiger partial charge on any atom is -0.462 e. The van der Waals surface area contributed by atoms with Gasteiger partial charge in [-0.1, -0.05) is 218 Å². The van der Waals surface area contributed by atoms with Gasteiger partial charge in [0.25, 0.3) is 0 Å². The number of carbonyl (C=O) groups is 3. The van der Waals surface area contributed by atoms with Gasteiger partial charge in [-0.3, -0.25) is 14.4 Å². The van der Waals surface area contributed by atoms with Crippen molar-refractivity contribution in [1.82, 2.24) is 0 Å². The number of carbonyl (C=O) groups excluding carboxylic acids is 3. The average Bonchev–Trinajstić information content (AvgIpc) is 3.36. The second kappa shape index (κ2) is 56.9. The van der Waals surface area contributed by atoms with E-state index >= 15 is 0 Å². The summed E-state index contributed by atoms with van der Waals surface area (Å²) in [4.78, 5) is 38.0. The largest absolute Gasteiger partial charge is 0.462 e. The Bertz CT molecular complexity index is 1580. The fraction of sp³-hybridized carbons (Fsp3) is 0.578. The summed E-state index contributed by atoms with van der Waals surface area (Å²) < 4.78 is 16.7. The van der Waals surface area contributed by atoms with Gasteiger partial charge in [-0.15, -0.1) is 0 Å². The first kappa shape index (κ1) is 65.3. The molecule has 0 aromatic carbocycles. The summed E-state index contributed by atoms with van der Waals surface area (Å²) in [5.41, 5.74) is 0. The molecule has 0 aliphatic rings. The van der Waals surface area contributed by atoms with Crippen molar-refractivity contribution in [2.75, 3.05) is 13.2 Å². The number of hydrogen-bond donors (Lipinski definition) is 0. The number of esters is 3. The van der Waals surface area contributed by atoms with Gasteiger partial charge in [0.2, 0.25) is 0 Å². The van der Waals surface area contributed by atoms with E-state index < -0.39 is 12.1 Å². The van der Waals surface area contributed by atoms with Crippen LogP contribution in [-0.2, 0) is 28.6 Å². The monoisotopic (exact) mass is 965 g/mol. The van der Waals surface area contributed by atoms with Crippen LogP contribution in [0.3, 0.4) is 0 Å². The van der Waals surface area contributed by atoms with Crippen molar-refractivity contribution in [3.63, 3.8) is 0 Å². The van der Waals surface area contributed by atoms with E-state index in [1.54, 1.807) is 0 Å². The first-order chi connectivity index (χ1) is 34.5. The van der Waals surface area contributed by atoms with Crippen molar-refractivity contribution in [2.24, 2.45) is 0 Å². The van der Waals surface area contributed by atoms with Crippen LogP contribution >= 0.6 is 0 Å². The molecule has 1 atom stereocenters. The van der Waals surface area contributed by atoms with Crippen LogP contribution in [0.25, 0.3) is 0 Å². The fourth-order valence-electron chi connectivity index (χ4n) is 6.96. The highest BCUT2D eigenvalue weighted by Gasteiger charge is 2.19. The van der Waals surface area contributed by atoms with Crippen LogP contribution in [-0.4, -0.2) is 37.2 Å². The smallest absolute Gasteiger partial charge is 0.306 e.